The zero-order valence-corrected chi connectivity index (χ0v) is 13.1. The first-order valence-corrected chi connectivity index (χ1v) is 8.42. The van der Waals surface area contributed by atoms with Gasteiger partial charge in [0.15, 0.2) is 5.78 Å². The lowest BCUT2D eigenvalue weighted by molar-refractivity contribution is -0.137. The van der Waals surface area contributed by atoms with Gasteiger partial charge in [-0.3, -0.25) is 9.69 Å². The van der Waals surface area contributed by atoms with Gasteiger partial charge in [-0.15, -0.1) is 0 Å². The van der Waals surface area contributed by atoms with Crippen LogP contribution in [0.25, 0.3) is 0 Å². The van der Waals surface area contributed by atoms with Gasteiger partial charge in [0.25, 0.3) is 0 Å². The molecular weight excluding hydrogens is 234 g/mol. The monoisotopic (exact) mass is 265 g/mol. The number of hydrogen-bond acceptors (Lipinski definition) is 2. The first-order valence-electron chi connectivity index (χ1n) is 8.42. The molecule has 1 aliphatic carbocycles. The van der Waals surface area contributed by atoms with E-state index in [0.717, 1.165) is 25.9 Å². The molecule has 0 radical (unpaired) electrons. The predicted molar refractivity (Wildman–Crippen MR) is 80.2 cm³/mol. The average molecular weight is 265 g/mol. The zero-order valence-electron chi connectivity index (χ0n) is 13.1. The number of ketones is 1. The van der Waals surface area contributed by atoms with Crippen LogP contribution in [0.1, 0.15) is 72.1 Å². The molecule has 19 heavy (non-hydrogen) atoms. The fourth-order valence-electron chi connectivity index (χ4n) is 4.21. The molecule has 0 aromatic heterocycles. The van der Waals surface area contributed by atoms with Crippen molar-refractivity contribution in [2.45, 2.75) is 77.7 Å². The Bertz CT molecular complexity index is 308. The number of Topliss-reactive ketones (excluding diaryl/α,β-unsaturated/α-hetero) is 1. The minimum absolute atomic E-state index is 0.189. The van der Waals surface area contributed by atoms with Crippen LogP contribution in [-0.2, 0) is 4.79 Å². The Morgan fingerprint density at radius 1 is 1.11 bits per heavy atom. The molecule has 2 heteroatoms. The van der Waals surface area contributed by atoms with E-state index in [1.54, 1.807) is 0 Å². The van der Waals surface area contributed by atoms with Gasteiger partial charge < -0.3 is 0 Å². The van der Waals surface area contributed by atoms with Crippen LogP contribution in [0.5, 0.6) is 0 Å². The van der Waals surface area contributed by atoms with Crippen LogP contribution in [0.4, 0.5) is 0 Å². The standard InChI is InChI=1S/C17H31NO/c1-4-14-10-6-7-11-15(14)16(19)17(3,5-2)18-12-8-9-13-18/h14-15H,4-13H2,1-3H3. The van der Waals surface area contributed by atoms with Crippen LogP contribution >= 0.6 is 0 Å². The number of hydrogen-bond donors (Lipinski definition) is 0. The lowest BCUT2D eigenvalue weighted by atomic mass is 9.70. The maximum Gasteiger partial charge on any atom is 0.156 e. The van der Waals surface area contributed by atoms with Crippen molar-refractivity contribution in [1.82, 2.24) is 4.90 Å². The van der Waals surface area contributed by atoms with E-state index in [9.17, 15) is 4.79 Å². The highest BCUT2D eigenvalue weighted by molar-refractivity contribution is 5.90. The van der Waals surface area contributed by atoms with E-state index in [1.807, 2.05) is 0 Å². The summed E-state index contributed by atoms with van der Waals surface area (Å²) in [6, 6.07) is 0. The number of carbonyl (C=O) groups is 1. The Hall–Kier alpha value is -0.370. The van der Waals surface area contributed by atoms with Gasteiger partial charge in [-0.2, -0.15) is 0 Å². The summed E-state index contributed by atoms with van der Waals surface area (Å²) < 4.78 is 0. The second-order valence-corrected chi connectivity index (χ2v) is 6.75. The van der Waals surface area contributed by atoms with Gasteiger partial charge in [-0.25, -0.2) is 0 Å². The molecule has 2 rings (SSSR count). The van der Waals surface area contributed by atoms with Gasteiger partial charge in [0, 0.05) is 5.92 Å². The van der Waals surface area contributed by atoms with Gasteiger partial charge in [-0.05, 0) is 58.0 Å². The molecule has 0 N–H and O–H groups in total. The van der Waals surface area contributed by atoms with Crippen molar-refractivity contribution in [3.05, 3.63) is 0 Å². The summed E-state index contributed by atoms with van der Waals surface area (Å²) in [7, 11) is 0. The highest BCUT2D eigenvalue weighted by Gasteiger charge is 2.44. The lowest BCUT2D eigenvalue weighted by Gasteiger charge is -2.42. The average Bonchev–Trinajstić information content (AvgIpc) is 3.00. The van der Waals surface area contributed by atoms with Crippen molar-refractivity contribution < 1.29 is 4.79 Å². The van der Waals surface area contributed by atoms with Gasteiger partial charge >= 0.3 is 0 Å². The summed E-state index contributed by atoms with van der Waals surface area (Å²) in [5, 5.41) is 0. The Morgan fingerprint density at radius 3 is 2.32 bits per heavy atom. The van der Waals surface area contributed by atoms with Gasteiger partial charge in [0.2, 0.25) is 0 Å². The second kappa shape index (κ2) is 6.39. The Labute approximate surface area is 118 Å². The lowest BCUT2D eigenvalue weighted by Crippen LogP contribution is -2.54. The van der Waals surface area contributed by atoms with Crippen molar-refractivity contribution in [1.29, 1.82) is 0 Å². The van der Waals surface area contributed by atoms with E-state index < -0.39 is 0 Å². The van der Waals surface area contributed by atoms with E-state index in [0.29, 0.717) is 17.6 Å². The third-order valence-corrected chi connectivity index (χ3v) is 5.79. The van der Waals surface area contributed by atoms with Crippen LogP contribution < -0.4 is 0 Å². The normalized spacial score (nSPS) is 32.2. The molecule has 2 fully saturated rings. The van der Waals surface area contributed by atoms with E-state index in [4.69, 9.17) is 0 Å². The Morgan fingerprint density at radius 2 is 1.74 bits per heavy atom. The number of likely N-dealkylation sites (tertiary alicyclic amines) is 1. The molecule has 0 spiro atoms. The first-order chi connectivity index (χ1) is 9.13. The van der Waals surface area contributed by atoms with E-state index >= 15 is 0 Å². The highest BCUT2D eigenvalue weighted by Crippen LogP contribution is 2.38. The molecule has 110 valence electrons. The molecule has 1 saturated heterocycles. The molecule has 0 aromatic rings. The fourth-order valence-corrected chi connectivity index (χ4v) is 4.21. The SMILES string of the molecule is CCC1CCCCC1C(=O)C(C)(CC)N1CCCC1. The number of nitrogens with zero attached hydrogens (tertiary/aromatic N) is 1. The molecule has 1 aliphatic heterocycles. The Balaban J connectivity index is 2.14. The van der Waals surface area contributed by atoms with E-state index in [-0.39, 0.29) is 5.54 Å². The molecule has 0 aromatic carbocycles. The van der Waals surface area contributed by atoms with Crippen molar-refractivity contribution >= 4 is 5.78 Å². The van der Waals surface area contributed by atoms with Crippen LogP contribution in [0.15, 0.2) is 0 Å². The highest BCUT2D eigenvalue weighted by atomic mass is 16.1. The van der Waals surface area contributed by atoms with Crippen LogP contribution in [0.3, 0.4) is 0 Å². The first kappa shape index (κ1) is 15.0. The summed E-state index contributed by atoms with van der Waals surface area (Å²) in [4.78, 5) is 15.6. The third-order valence-electron chi connectivity index (χ3n) is 5.79. The summed E-state index contributed by atoms with van der Waals surface area (Å²) in [5.41, 5.74) is -0.189. The van der Waals surface area contributed by atoms with Gasteiger partial charge in [0.1, 0.15) is 0 Å². The molecule has 3 atom stereocenters. The maximum atomic E-state index is 13.2. The summed E-state index contributed by atoms with van der Waals surface area (Å²) in [6.07, 6.45) is 9.68. The maximum absolute atomic E-state index is 13.2. The molecule has 2 nitrogen and oxygen atoms in total. The van der Waals surface area contributed by atoms with Crippen LogP contribution in [0.2, 0.25) is 0 Å². The minimum atomic E-state index is -0.189. The molecule has 0 amide bonds. The topological polar surface area (TPSA) is 20.3 Å². The molecule has 1 heterocycles. The molecular formula is C17H31NO. The Kier molecular flexibility index (Phi) is 5.05. The van der Waals surface area contributed by atoms with Crippen molar-refractivity contribution in [3.8, 4) is 0 Å². The third kappa shape index (κ3) is 2.89. The predicted octanol–water partition coefficient (Wildman–Crippen LogP) is 4.04. The van der Waals surface area contributed by atoms with Crippen molar-refractivity contribution in [3.63, 3.8) is 0 Å². The summed E-state index contributed by atoms with van der Waals surface area (Å²) in [6.45, 7) is 8.91. The summed E-state index contributed by atoms with van der Waals surface area (Å²) in [5.74, 6) is 1.54. The quantitative estimate of drug-likeness (QED) is 0.748. The molecule has 2 aliphatic rings. The van der Waals surface area contributed by atoms with Crippen molar-refractivity contribution in [2.75, 3.05) is 13.1 Å². The second-order valence-electron chi connectivity index (χ2n) is 6.75. The summed E-state index contributed by atoms with van der Waals surface area (Å²) >= 11 is 0. The minimum Gasteiger partial charge on any atom is -0.297 e. The number of carbonyl (C=O) groups excluding carboxylic acids is 1. The molecule has 3 unspecified atom stereocenters. The zero-order chi connectivity index (χ0) is 13.9. The van der Waals surface area contributed by atoms with Gasteiger partial charge in [-0.1, -0.05) is 33.1 Å². The fraction of sp³-hybridized carbons (Fsp3) is 0.941. The number of rotatable bonds is 5. The smallest absolute Gasteiger partial charge is 0.156 e. The molecule has 1 saturated carbocycles. The van der Waals surface area contributed by atoms with E-state index in [2.05, 4.69) is 25.7 Å². The van der Waals surface area contributed by atoms with Crippen LogP contribution in [0, 0.1) is 11.8 Å². The largest absolute Gasteiger partial charge is 0.297 e. The van der Waals surface area contributed by atoms with Gasteiger partial charge in [0.05, 0.1) is 5.54 Å². The van der Waals surface area contributed by atoms with E-state index in [1.165, 1.54) is 38.5 Å². The van der Waals surface area contributed by atoms with Crippen molar-refractivity contribution in [2.24, 2.45) is 11.8 Å². The van der Waals surface area contributed by atoms with Crippen LogP contribution in [-0.4, -0.2) is 29.3 Å². The molecule has 0 bridgehead atoms.